The minimum Gasteiger partial charge on any atom is -0.459 e. The van der Waals surface area contributed by atoms with Crippen molar-refractivity contribution < 1.29 is 28.8 Å². The summed E-state index contributed by atoms with van der Waals surface area (Å²) in [5, 5.41) is 9.83. The van der Waals surface area contributed by atoms with Crippen LogP contribution in [0.25, 0.3) is 0 Å². The molecular weight excluding hydrogens is 288 g/mol. The Morgan fingerprint density at radius 3 is 2.55 bits per heavy atom. The number of aliphatic hydroxyl groups excluding tert-OH is 1. The molecule has 1 N–H and O–H groups in total. The van der Waals surface area contributed by atoms with Crippen LogP contribution >= 0.6 is 0 Å². The molecule has 0 radical (unpaired) electrons. The Hall–Kier alpha value is -0.690. The lowest BCUT2D eigenvalue weighted by molar-refractivity contribution is -0.257. The Morgan fingerprint density at radius 1 is 1.23 bits per heavy atom. The van der Waals surface area contributed by atoms with Gasteiger partial charge in [-0.15, -0.1) is 0 Å². The van der Waals surface area contributed by atoms with Gasteiger partial charge in [0.1, 0.15) is 18.3 Å². The zero-order valence-corrected chi connectivity index (χ0v) is 14.0. The number of hydrogen-bond acceptors (Lipinski definition) is 6. The van der Waals surface area contributed by atoms with Crippen molar-refractivity contribution in [2.45, 2.75) is 77.5 Å². The number of carbonyl (C=O) groups is 1. The summed E-state index contributed by atoms with van der Waals surface area (Å²) in [7, 11) is 0. The maximum atomic E-state index is 11.3. The van der Waals surface area contributed by atoms with Gasteiger partial charge >= 0.3 is 5.97 Å². The third-order valence-corrected chi connectivity index (χ3v) is 3.55. The van der Waals surface area contributed by atoms with Crippen LogP contribution in [0, 0.1) is 0 Å². The molecule has 4 unspecified atom stereocenters. The van der Waals surface area contributed by atoms with Gasteiger partial charge in [-0.1, -0.05) is 26.7 Å². The highest BCUT2D eigenvalue weighted by atomic mass is 16.7. The highest BCUT2D eigenvalue weighted by Gasteiger charge is 2.41. The smallest absolute Gasteiger partial charge is 0.302 e. The molecule has 1 aliphatic heterocycles. The molecule has 0 aromatic carbocycles. The highest BCUT2D eigenvalue weighted by molar-refractivity contribution is 5.66. The second-order valence-electron chi connectivity index (χ2n) is 5.63. The molecule has 1 fully saturated rings. The Labute approximate surface area is 133 Å². The number of aliphatic hydroxyl groups is 1. The first-order chi connectivity index (χ1) is 10.6. The van der Waals surface area contributed by atoms with Gasteiger partial charge in [0.05, 0.1) is 6.61 Å². The van der Waals surface area contributed by atoms with E-state index in [1.807, 2.05) is 0 Å². The van der Waals surface area contributed by atoms with E-state index in [9.17, 15) is 9.90 Å². The molecule has 0 aromatic rings. The Kier molecular flexibility index (Phi) is 9.63. The van der Waals surface area contributed by atoms with Crippen LogP contribution in [0.5, 0.6) is 0 Å². The molecule has 0 saturated carbocycles. The number of carbonyl (C=O) groups excluding carboxylic acids is 1. The normalized spacial score (nSPS) is 28.5. The van der Waals surface area contributed by atoms with E-state index in [0.717, 1.165) is 25.7 Å². The van der Waals surface area contributed by atoms with Crippen molar-refractivity contribution in [1.29, 1.82) is 0 Å². The van der Waals surface area contributed by atoms with Crippen LogP contribution in [0.2, 0.25) is 0 Å². The van der Waals surface area contributed by atoms with E-state index in [1.165, 1.54) is 6.92 Å². The first-order valence-corrected chi connectivity index (χ1v) is 8.28. The molecule has 1 aliphatic rings. The molecule has 0 aliphatic carbocycles. The summed E-state index contributed by atoms with van der Waals surface area (Å²) in [6, 6.07) is 0. The SMILES string of the molecule is CCCCOCC1OC(O)CC(OC(C)=O)C1OCCCC. The van der Waals surface area contributed by atoms with Gasteiger partial charge in [0.2, 0.25) is 0 Å². The second kappa shape index (κ2) is 10.9. The van der Waals surface area contributed by atoms with E-state index >= 15 is 0 Å². The monoisotopic (exact) mass is 318 g/mol. The quantitative estimate of drug-likeness (QED) is 0.491. The summed E-state index contributed by atoms with van der Waals surface area (Å²) in [5.41, 5.74) is 0. The fraction of sp³-hybridized carbons (Fsp3) is 0.938. The van der Waals surface area contributed by atoms with E-state index in [1.54, 1.807) is 0 Å². The van der Waals surface area contributed by atoms with E-state index in [4.69, 9.17) is 18.9 Å². The van der Waals surface area contributed by atoms with Crippen molar-refractivity contribution in [2.75, 3.05) is 19.8 Å². The van der Waals surface area contributed by atoms with Gasteiger partial charge < -0.3 is 24.1 Å². The van der Waals surface area contributed by atoms with Crippen LogP contribution in [-0.2, 0) is 23.7 Å². The molecule has 6 nitrogen and oxygen atoms in total. The lowest BCUT2D eigenvalue weighted by atomic mass is 10.0. The van der Waals surface area contributed by atoms with Gasteiger partial charge in [0.25, 0.3) is 0 Å². The molecule has 22 heavy (non-hydrogen) atoms. The molecular formula is C16H30O6. The number of ether oxygens (including phenoxy) is 4. The zero-order valence-electron chi connectivity index (χ0n) is 14.0. The van der Waals surface area contributed by atoms with Gasteiger partial charge in [-0.2, -0.15) is 0 Å². The molecule has 0 spiro atoms. The van der Waals surface area contributed by atoms with Crippen LogP contribution in [0.15, 0.2) is 0 Å². The van der Waals surface area contributed by atoms with Crippen LogP contribution in [0.4, 0.5) is 0 Å². The maximum absolute atomic E-state index is 11.3. The van der Waals surface area contributed by atoms with Gasteiger partial charge in [-0.25, -0.2) is 0 Å². The van der Waals surface area contributed by atoms with Crippen LogP contribution in [-0.4, -0.2) is 55.5 Å². The van der Waals surface area contributed by atoms with Gasteiger partial charge in [0, 0.05) is 26.6 Å². The number of rotatable bonds is 10. The van der Waals surface area contributed by atoms with E-state index in [-0.39, 0.29) is 12.4 Å². The fourth-order valence-electron chi connectivity index (χ4n) is 2.39. The standard InChI is InChI=1S/C16H30O6/c1-4-6-8-19-11-14-16(20-9-7-5-2)13(21-12(3)17)10-15(18)22-14/h13-16,18H,4-11H2,1-3H3. The van der Waals surface area contributed by atoms with E-state index in [2.05, 4.69) is 13.8 Å². The minimum atomic E-state index is -0.963. The van der Waals surface area contributed by atoms with Crippen molar-refractivity contribution in [1.82, 2.24) is 0 Å². The summed E-state index contributed by atoms with van der Waals surface area (Å²) in [6.45, 7) is 7.08. The van der Waals surface area contributed by atoms with Crippen molar-refractivity contribution in [3.8, 4) is 0 Å². The largest absolute Gasteiger partial charge is 0.459 e. The zero-order chi connectivity index (χ0) is 16.4. The number of unbranched alkanes of at least 4 members (excludes halogenated alkanes) is 2. The second-order valence-corrected chi connectivity index (χ2v) is 5.63. The van der Waals surface area contributed by atoms with Crippen LogP contribution in [0.1, 0.15) is 52.9 Å². The van der Waals surface area contributed by atoms with Crippen molar-refractivity contribution in [2.24, 2.45) is 0 Å². The number of hydrogen-bond donors (Lipinski definition) is 1. The topological polar surface area (TPSA) is 74.2 Å². The number of esters is 1. The summed E-state index contributed by atoms with van der Waals surface area (Å²) in [4.78, 5) is 11.3. The first-order valence-electron chi connectivity index (χ1n) is 8.28. The molecule has 0 amide bonds. The molecule has 1 rings (SSSR count). The molecule has 1 saturated heterocycles. The minimum absolute atomic E-state index is 0.224. The highest BCUT2D eigenvalue weighted by Crippen LogP contribution is 2.25. The molecule has 0 aromatic heterocycles. The third-order valence-electron chi connectivity index (χ3n) is 3.55. The third kappa shape index (κ3) is 7.05. The Morgan fingerprint density at radius 2 is 1.91 bits per heavy atom. The van der Waals surface area contributed by atoms with Crippen molar-refractivity contribution in [3.05, 3.63) is 0 Å². The Bertz CT molecular complexity index is 309. The maximum Gasteiger partial charge on any atom is 0.302 e. The average molecular weight is 318 g/mol. The molecule has 4 atom stereocenters. The molecule has 1 heterocycles. The molecule has 0 bridgehead atoms. The fourth-order valence-corrected chi connectivity index (χ4v) is 2.39. The van der Waals surface area contributed by atoms with Crippen LogP contribution in [0.3, 0.4) is 0 Å². The summed E-state index contributed by atoms with van der Waals surface area (Å²) in [6.07, 6.45) is 1.91. The predicted octanol–water partition coefficient (Wildman–Crippen LogP) is 2.03. The molecule has 130 valence electrons. The van der Waals surface area contributed by atoms with Crippen molar-refractivity contribution >= 4 is 5.97 Å². The van der Waals surface area contributed by atoms with Gasteiger partial charge in [-0.05, 0) is 12.8 Å². The lowest BCUT2D eigenvalue weighted by Gasteiger charge is -2.39. The summed E-state index contributed by atoms with van der Waals surface area (Å²) < 4.78 is 22.3. The summed E-state index contributed by atoms with van der Waals surface area (Å²) in [5.74, 6) is -0.381. The van der Waals surface area contributed by atoms with E-state index < -0.39 is 24.6 Å². The van der Waals surface area contributed by atoms with Gasteiger partial charge in [-0.3, -0.25) is 4.79 Å². The lowest BCUT2D eigenvalue weighted by Crippen LogP contribution is -2.53. The predicted molar refractivity (Wildman–Crippen MR) is 81.4 cm³/mol. The summed E-state index contributed by atoms with van der Waals surface area (Å²) >= 11 is 0. The molecule has 6 heteroatoms. The van der Waals surface area contributed by atoms with E-state index in [0.29, 0.717) is 19.8 Å². The van der Waals surface area contributed by atoms with Crippen molar-refractivity contribution in [3.63, 3.8) is 0 Å². The first kappa shape index (κ1) is 19.4. The van der Waals surface area contributed by atoms with Gasteiger partial charge in [0.15, 0.2) is 6.29 Å². The average Bonchev–Trinajstić information content (AvgIpc) is 2.45. The Balaban J connectivity index is 2.62. The van der Waals surface area contributed by atoms with Crippen LogP contribution < -0.4 is 0 Å².